The van der Waals surface area contributed by atoms with Gasteiger partial charge in [0.05, 0.1) is 10.5 Å². The van der Waals surface area contributed by atoms with Gasteiger partial charge in [-0.05, 0) is 43.4 Å². The third-order valence-electron chi connectivity index (χ3n) is 4.12. The molecule has 1 fully saturated rings. The van der Waals surface area contributed by atoms with Crippen molar-refractivity contribution in [3.63, 3.8) is 0 Å². The number of carbonyl (C=O) groups is 1. The summed E-state index contributed by atoms with van der Waals surface area (Å²) in [6.45, 7) is 6.08. The van der Waals surface area contributed by atoms with Crippen molar-refractivity contribution in [1.29, 1.82) is 0 Å². The van der Waals surface area contributed by atoms with Crippen LogP contribution in [0.1, 0.15) is 42.6 Å². The lowest BCUT2D eigenvalue weighted by Gasteiger charge is -2.27. The van der Waals surface area contributed by atoms with Crippen LogP contribution in [0.2, 0.25) is 0 Å². The molecule has 0 saturated carbocycles. The number of benzene rings is 1. The molecule has 0 aromatic heterocycles. The number of hydrogen-bond acceptors (Lipinski definition) is 3. The Morgan fingerprint density at radius 3 is 2.62 bits per heavy atom. The highest BCUT2D eigenvalue weighted by atomic mass is 32.2. The highest BCUT2D eigenvalue weighted by Crippen LogP contribution is 2.31. The van der Waals surface area contributed by atoms with Crippen molar-refractivity contribution in [2.75, 3.05) is 6.54 Å². The second-order valence-electron chi connectivity index (χ2n) is 5.80. The first-order valence-electron chi connectivity index (χ1n) is 7.11. The molecule has 1 aromatic carbocycles. The first-order valence-corrected chi connectivity index (χ1v) is 8.55. The molecular formula is C15H21NO4S. The van der Waals surface area contributed by atoms with Crippen molar-refractivity contribution >= 4 is 16.0 Å². The van der Waals surface area contributed by atoms with Crippen LogP contribution in [-0.4, -0.2) is 36.4 Å². The average molecular weight is 311 g/mol. The normalized spacial score (nSPS) is 20.1. The van der Waals surface area contributed by atoms with E-state index in [1.165, 1.54) is 22.5 Å². The van der Waals surface area contributed by atoms with E-state index in [4.69, 9.17) is 5.11 Å². The molecule has 1 aromatic rings. The van der Waals surface area contributed by atoms with Gasteiger partial charge < -0.3 is 5.11 Å². The van der Waals surface area contributed by atoms with E-state index in [1.807, 2.05) is 13.8 Å². The highest BCUT2D eigenvalue weighted by molar-refractivity contribution is 7.89. The van der Waals surface area contributed by atoms with Gasteiger partial charge in [0.25, 0.3) is 0 Å². The fraction of sp³-hybridized carbons (Fsp3) is 0.533. The number of rotatable bonds is 4. The molecule has 1 unspecified atom stereocenters. The molecule has 0 amide bonds. The van der Waals surface area contributed by atoms with Crippen LogP contribution in [0.5, 0.6) is 0 Å². The first kappa shape index (κ1) is 16.0. The average Bonchev–Trinajstić information content (AvgIpc) is 2.88. The smallest absolute Gasteiger partial charge is 0.335 e. The summed E-state index contributed by atoms with van der Waals surface area (Å²) in [5.74, 6) is -0.864. The number of nitrogens with zero attached hydrogens (tertiary/aromatic N) is 1. The summed E-state index contributed by atoms with van der Waals surface area (Å²) < 4.78 is 27.3. The lowest BCUT2D eigenvalue weighted by molar-refractivity contribution is 0.0696. The Balaban J connectivity index is 2.50. The Bertz CT molecular complexity index is 652. The molecule has 0 aliphatic carbocycles. The second-order valence-corrected chi connectivity index (χ2v) is 7.66. The quantitative estimate of drug-likeness (QED) is 0.927. The van der Waals surface area contributed by atoms with Crippen LogP contribution in [0, 0.1) is 12.8 Å². The minimum atomic E-state index is -3.65. The van der Waals surface area contributed by atoms with Gasteiger partial charge in [-0.2, -0.15) is 4.31 Å². The fourth-order valence-electron chi connectivity index (χ4n) is 2.98. The van der Waals surface area contributed by atoms with E-state index >= 15 is 0 Å². The lowest BCUT2D eigenvalue weighted by Crippen LogP contribution is -2.38. The van der Waals surface area contributed by atoms with Gasteiger partial charge >= 0.3 is 5.97 Å². The molecular weight excluding hydrogens is 290 g/mol. The van der Waals surface area contributed by atoms with E-state index in [9.17, 15) is 13.2 Å². The van der Waals surface area contributed by atoms with E-state index in [0.717, 1.165) is 12.8 Å². The summed E-state index contributed by atoms with van der Waals surface area (Å²) in [7, 11) is -3.65. The fourth-order valence-corrected chi connectivity index (χ4v) is 5.06. The van der Waals surface area contributed by atoms with E-state index < -0.39 is 16.0 Å². The van der Waals surface area contributed by atoms with Crippen molar-refractivity contribution in [1.82, 2.24) is 4.31 Å². The first-order chi connectivity index (χ1) is 9.76. The highest BCUT2D eigenvalue weighted by Gasteiger charge is 2.37. The molecule has 1 saturated heterocycles. The third kappa shape index (κ3) is 2.82. The van der Waals surface area contributed by atoms with E-state index in [-0.39, 0.29) is 22.4 Å². The molecule has 21 heavy (non-hydrogen) atoms. The van der Waals surface area contributed by atoms with Gasteiger partial charge in [0, 0.05) is 12.6 Å². The number of aromatic carboxylic acids is 1. The van der Waals surface area contributed by atoms with Gasteiger partial charge in [-0.3, -0.25) is 0 Å². The molecule has 1 N–H and O–H groups in total. The van der Waals surface area contributed by atoms with Crippen LogP contribution in [0.25, 0.3) is 0 Å². The number of hydrogen-bond donors (Lipinski definition) is 1. The Hall–Kier alpha value is -1.40. The summed E-state index contributed by atoms with van der Waals surface area (Å²) in [4.78, 5) is 11.3. The van der Waals surface area contributed by atoms with E-state index in [2.05, 4.69) is 0 Å². The third-order valence-corrected chi connectivity index (χ3v) is 6.19. The van der Waals surface area contributed by atoms with Gasteiger partial charge in [0.1, 0.15) is 0 Å². The molecule has 1 aliphatic rings. The predicted molar refractivity (Wildman–Crippen MR) is 79.9 cm³/mol. The van der Waals surface area contributed by atoms with Gasteiger partial charge in [-0.15, -0.1) is 0 Å². The minimum absolute atomic E-state index is 0.0112. The van der Waals surface area contributed by atoms with Gasteiger partial charge in [-0.25, -0.2) is 13.2 Å². The summed E-state index contributed by atoms with van der Waals surface area (Å²) in [5.41, 5.74) is 0.343. The van der Waals surface area contributed by atoms with E-state index in [0.29, 0.717) is 12.1 Å². The molecule has 1 aliphatic heterocycles. The van der Waals surface area contributed by atoms with Crippen molar-refractivity contribution < 1.29 is 18.3 Å². The second kappa shape index (κ2) is 5.77. The van der Waals surface area contributed by atoms with Crippen LogP contribution in [0.3, 0.4) is 0 Å². The Labute approximate surface area is 125 Å². The van der Waals surface area contributed by atoms with Crippen LogP contribution in [0.4, 0.5) is 0 Å². The number of carboxylic acids is 1. The molecule has 1 atom stereocenters. The topological polar surface area (TPSA) is 74.7 Å². The standard InChI is InChI=1S/C15H21NO4S/c1-10(2)13-7-5-9-16(13)21(19,20)14-8-4-6-12(11(14)3)15(17)18/h4,6,8,10,13H,5,7,9H2,1-3H3,(H,17,18). The zero-order valence-corrected chi connectivity index (χ0v) is 13.4. The van der Waals surface area contributed by atoms with Crippen LogP contribution < -0.4 is 0 Å². The molecule has 0 radical (unpaired) electrons. The SMILES string of the molecule is Cc1c(C(=O)O)cccc1S(=O)(=O)N1CCCC1C(C)C. The van der Waals surface area contributed by atoms with Gasteiger partial charge in [0.2, 0.25) is 10.0 Å². The van der Waals surface area contributed by atoms with Crippen molar-refractivity contribution in [2.24, 2.45) is 5.92 Å². The predicted octanol–water partition coefficient (Wildman–Crippen LogP) is 2.50. The molecule has 0 spiro atoms. The Morgan fingerprint density at radius 2 is 2.05 bits per heavy atom. The van der Waals surface area contributed by atoms with Crippen LogP contribution in [0.15, 0.2) is 23.1 Å². The summed E-state index contributed by atoms with van der Waals surface area (Å²) in [5, 5.41) is 9.15. The maximum atomic E-state index is 12.9. The van der Waals surface area contributed by atoms with Crippen molar-refractivity contribution in [2.45, 2.75) is 44.6 Å². The molecule has 5 nitrogen and oxygen atoms in total. The van der Waals surface area contributed by atoms with Gasteiger partial charge in [0.15, 0.2) is 0 Å². The zero-order chi connectivity index (χ0) is 15.8. The van der Waals surface area contributed by atoms with Crippen LogP contribution >= 0.6 is 0 Å². The minimum Gasteiger partial charge on any atom is -0.478 e. The Kier molecular flexibility index (Phi) is 4.39. The summed E-state index contributed by atoms with van der Waals surface area (Å²) in [6, 6.07) is 4.40. The number of sulfonamides is 1. The largest absolute Gasteiger partial charge is 0.478 e. The zero-order valence-electron chi connectivity index (χ0n) is 12.5. The summed E-state index contributed by atoms with van der Waals surface area (Å²) in [6.07, 6.45) is 1.70. The van der Waals surface area contributed by atoms with Crippen molar-refractivity contribution in [3.05, 3.63) is 29.3 Å². The maximum Gasteiger partial charge on any atom is 0.335 e. The monoisotopic (exact) mass is 311 g/mol. The van der Waals surface area contributed by atoms with Crippen molar-refractivity contribution in [3.8, 4) is 0 Å². The Morgan fingerprint density at radius 1 is 1.38 bits per heavy atom. The summed E-state index contributed by atoms with van der Waals surface area (Å²) >= 11 is 0. The molecule has 0 bridgehead atoms. The van der Waals surface area contributed by atoms with E-state index in [1.54, 1.807) is 6.92 Å². The molecule has 6 heteroatoms. The molecule has 2 rings (SSSR count). The lowest BCUT2D eigenvalue weighted by atomic mass is 10.0. The van der Waals surface area contributed by atoms with Gasteiger partial charge in [-0.1, -0.05) is 19.9 Å². The molecule has 116 valence electrons. The number of carboxylic acid groups (broad SMARTS) is 1. The maximum absolute atomic E-state index is 12.9. The molecule has 1 heterocycles. The van der Waals surface area contributed by atoms with Crippen LogP contribution in [-0.2, 0) is 10.0 Å².